The van der Waals surface area contributed by atoms with Crippen LogP contribution in [0.5, 0.6) is 0 Å². The van der Waals surface area contributed by atoms with Gasteiger partial charge in [-0.2, -0.15) is 0 Å². The molecule has 0 aromatic heterocycles. The van der Waals surface area contributed by atoms with Crippen LogP contribution in [0, 0.1) is 0 Å². The third-order valence-corrected chi connectivity index (χ3v) is 2.40. The predicted octanol–water partition coefficient (Wildman–Crippen LogP) is 1.75. The van der Waals surface area contributed by atoms with Crippen molar-refractivity contribution in [1.82, 2.24) is 16.1 Å². The lowest BCUT2D eigenvalue weighted by Crippen LogP contribution is -2.35. The Morgan fingerprint density at radius 2 is 1.71 bits per heavy atom. The Hall–Kier alpha value is -1.14. The van der Waals surface area contributed by atoms with Crippen molar-refractivity contribution in [2.24, 2.45) is 0 Å². The number of carbonyl (C=O) groups excluding carboxylic acids is 2. The van der Waals surface area contributed by atoms with Crippen molar-refractivity contribution in [1.29, 1.82) is 0 Å². The first-order chi connectivity index (χ1) is 10.1. The van der Waals surface area contributed by atoms with E-state index >= 15 is 0 Å². The second-order valence-electron chi connectivity index (χ2n) is 4.73. The molecule has 0 atom stereocenters. The maximum Gasteiger partial charge on any atom is 0.248 e. The highest BCUT2D eigenvalue weighted by Gasteiger charge is 2.04. The van der Waals surface area contributed by atoms with Gasteiger partial charge in [0.15, 0.2) is 6.61 Å². The third-order valence-electron chi connectivity index (χ3n) is 2.40. The van der Waals surface area contributed by atoms with E-state index in [1.54, 1.807) is 0 Å². The average Bonchev–Trinajstić information content (AvgIpc) is 2.45. The Morgan fingerprint density at radius 3 is 2.29 bits per heavy atom. The molecular formula is C15H33N3O3. The van der Waals surface area contributed by atoms with Crippen LogP contribution in [0.25, 0.3) is 0 Å². The summed E-state index contributed by atoms with van der Waals surface area (Å²) in [5.41, 5.74) is 2.25. The number of hydrogen-bond acceptors (Lipinski definition) is 4. The molecule has 6 heteroatoms. The Bertz CT molecular complexity index is 259. The lowest BCUT2D eigenvalue weighted by atomic mass is 10.2. The van der Waals surface area contributed by atoms with E-state index in [1.165, 1.54) is 0 Å². The van der Waals surface area contributed by atoms with Gasteiger partial charge in [-0.05, 0) is 6.42 Å². The van der Waals surface area contributed by atoms with E-state index in [2.05, 4.69) is 23.0 Å². The summed E-state index contributed by atoms with van der Waals surface area (Å²) in [6, 6.07) is 0.350. The van der Waals surface area contributed by atoms with E-state index in [-0.39, 0.29) is 18.4 Å². The molecular weight excluding hydrogens is 270 g/mol. The second kappa shape index (κ2) is 16.9. The van der Waals surface area contributed by atoms with Gasteiger partial charge in [0, 0.05) is 25.6 Å². The van der Waals surface area contributed by atoms with Crippen LogP contribution in [0.4, 0.5) is 0 Å². The number of unbranched alkanes of at least 4 members (excludes halogenated alkanes) is 2. The first-order valence-corrected chi connectivity index (χ1v) is 7.97. The standard InChI is InChI=1S/C13H27N3O3.C2H6/c1-4-5-6-8-15-13(18)10-19-16-12(17)7-9-14-11(2)3;1-2/h11,14H,4-10H2,1-3H3,(H,15,18)(H,16,17);1-2H3. The first-order valence-electron chi connectivity index (χ1n) is 7.97. The molecule has 21 heavy (non-hydrogen) atoms. The molecule has 6 nitrogen and oxygen atoms in total. The van der Waals surface area contributed by atoms with Gasteiger partial charge in [-0.3, -0.25) is 14.4 Å². The highest BCUT2D eigenvalue weighted by Crippen LogP contribution is 1.90. The van der Waals surface area contributed by atoms with E-state index in [1.807, 2.05) is 27.7 Å². The van der Waals surface area contributed by atoms with Crippen molar-refractivity contribution >= 4 is 11.8 Å². The molecule has 0 unspecified atom stereocenters. The number of hydroxylamine groups is 1. The highest BCUT2D eigenvalue weighted by atomic mass is 16.7. The van der Waals surface area contributed by atoms with E-state index < -0.39 is 0 Å². The molecule has 0 aliphatic heterocycles. The van der Waals surface area contributed by atoms with Crippen molar-refractivity contribution in [3.05, 3.63) is 0 Å². The van der Waals surface area contributed by atoms with Crippen LogP contribution in [-0.2, 0) is 14.4 Å². The highest BCUT2D eigenvalue weighted by molar-refractivity contribution is 5.78. The summed E-state index contributed by atoms with van der Waals surface area (Å²) in [6.45, 7) is 11.2. The van der Waals surface area contributed by atoms with Crippen LogP contribution < -0.4 is 16.1 Å². The molecule has 0 aliphatic rings. The minimum atomic E-state index is -0.230. The van der Waals surface area contributed by atoms with Crippen molar-refractivity contribution in [2.75, 3.05) is 19.7 Å². The zero-order chi connectivity index (χ0) is 16.5. The van der Waals surface area contributed by atoms with Crippen LogP contribution >= 0.6 is 0 Å². The van der Waals surface area contributed by atoms with Crippen molar-refractivity contribution < 1.29 is 14.4 Å². The van der Waals surface area contributed by atoms with E-state index in [0.717, 1.165) is 19.3 Å². The fourth-order valence-corrected chi connectivity index (χ4v) is 1.36. The molecule has 0 rings (SSSR count). The molecule has 0 bridgehead atoms. The van der Waals surface area contributed by atoms with Gasteiger partial charge >= 0.3 is 0 Å². The molecule has 0 fully saturated rings. The van der Waals surface area contributed by atoms with Crippen molar-refractivity contribution in [3.63, 3.8) is 0 Å². The maximum absolute atomic E-state index is 11.3. The van der Waals surface area contributed by atoms with Gasteiger partial charge in [-0.25, -0.2) is 5.48 Å². The molecule has 0 saturated carbocycles. The molecule has 3 N–H and O–H groups in total. The van der Waals surface area contributed by atoms with Gasteiger partial charge in [0.1, 0.15) is 0 Å². The van der Waals surface area contributed by atoms with Crippen LogP contribution in [-0.4, -0.2) is 37.6 Å². The van der Waals surface area contributed by atoms with Crippen molar-refractivity contribution in [2.45, 2.75) is 66.3 Å². The first kappa shape index (κ1) is 22.1. The summed E-state index contributed by atoms with van der Waals surface area (Å²) in [7, 11) is 0. The Morgan fingerprint density at radius 1 is 1.05 bits per heavy atom. The molecule has 2 amide bonds. The molecule has 0 radical (unpaired) electrons. The lowest BCUT2D eigenvalue weighted by Gasteiger charge is -2.09. The quantitative estimate of drug-likeness (QED) is 0.401. The van der Waals surface area contributed by atoms with Crippen LogP contribution in [0.15, 0.2) is 0 Å². The van der Waals surface area contributed by atoms with E-state index in [0.29, 0.717) is 25.6 Å². The molecule has 0 saturated heterocycles. The Labute approximate surface area is 129 Å². The largest absolute Gasteiger partial charge is 0.354 e. The number of amides is 2. The lowest BCUT2D eigenvalue weighted by molar-refractivity contribution is -0.139. The summed E-state index contributed by atoms with van der Waals surface area (Å²) < 4.78 is 0. The smallest absolute Gasteiger partial charge is 0.248 e. The van der Waals surface area contributed by atoms with Gasteiger partial charge < -0.3 is 10.6 Å². The van der Waals surface area contributed by atoms with Gasteiger partial charge in [0.25, 0.3) is 0 Å². The van der Waals surface area contributed by atoms with Gasteiger partial charge in [0.2, 0.25) is 11.8 Å². The zero-order valence-corrected chi connectivity index (χ0v) is 14.3. The van der Waals surface area contributed by atoms with Crippen LogP contribution in [0.1, 0.15) is 60.3 Å². The van der Waals surface area contributed by atoms with Crippen molar-refractivity contribution in [3.8, 4) is 0 Å². The zero-order valence-electron chi connectivity index (χ0n) is 14.3. The summed E-state index contributed by atoms with van der Waals surface area (Å²) >= 11 is 0. The van der Waals surface area contributed by atoms with Crippen LogP contribution in [0.2, 0.25) is 0 Å². The summed E-state index contributed by atoms with van der Waals surface area (Å²) in [4.78, 5) is 27.4. The SMILES string of the molecule is CC.CCCCCNC(=O)CONC(=O)CCNC(C)C. The molecule has 126 valence electrons. The molecule has 0 heterocycles. The van der Waals surface area contributed by atoms with Gasteiger partial charge in [-0.15, -0.1) is 0 Å². The molecule has 0 aliphatic carbocycles. The topological polar surface area (TPSA) is 79.5 Å². The normalized spacial score (nSPS) is 9.81. The average molecular weight is 303 g/mol. The Kier molecular flexibility index (Phi) is 17.8. The maximum atomic E-state index is 11.3. The summed E-state index contributed by atoms with van der Waals surface area (Å²) in [5.74, 6) is -0.441. The predicted molar refractivity (Wildman–Crippen MR) is 85.7 cm³/mol. The summed E-state index contributed by atoms with van der Waals surface area (Å²) in [6.07, 6.45) is 3.51. The minimum Gasteiger partial charge on any atom is -0.354 e. The fourth-order valence-electron chi connectivity index (χ4n) is 1.36. The number of carbonyl (C=O) groups is 2. The number of hydrogen-bond donors (Lipinski definition) is 3. The molecule has 0 aromatic carbocycles. The fraction of sp³-hybridized carbons (Fsp3) is 0.867. The minimum absolute atomic E-state index is 0.143. The van der Waals surface area contributed by atoms with Gasteiger partial charge in [0.05, 0.1) is 0 Å². The van der Waals surface area contributed by atoms with Gasteiger partial charge in [-0.1, -0.05) is 47.5 Å². The second-order valence-corrected chi connectivity index (χ2v) is 4.73. The van der Waals surface area contributed by atoms with Crippen LogP contribution in [0.3, 0.4) is 0 Å². The third kappa shape index (κ3) is 18.9. The summed E-state index contributed by atoms with van der Waals surface area (Å²) in [5, 5.41) is 5.84. The molecule has 0 aromatic rings. The molecule has 0 spiro atoms. The van der Waals surface area contributed by atoms with E-state index in [4.69, 9.17) is 4.84 Å². The van der Waals surface area contributed by atoms with E-state index in [9.17, 15) is 9.59 Å². The Balaban J connectivity index is 0. The monoisotopic (exact) mass is 303 g/mol. The number of rotatable bonds is 11. The number of nitrogens with one attached hydrogen (secondary N) is 3.